The molecule has 1 heterocycles. The second-order valence-corrected chi connectivity index (χ2v) is 8.71. The van der Waals surface area contributed by atoms with E-state index in [0.717, 1.165) is 9.98 Å². The van der Waals surface area contributed by atoms with Gasteiger partial charge in [0.05, 0.1) is 25.8 Å². The monoisotopic (exact) mass is 436 g/mol. The first kappa shape index (κ1) is 18.8. The number of hydrogen-bond acceptors (Lipinski definition) is 3. The highest BCUT2D eigenvalue weighted by molar-refractivity contribution is 7.89. The van der Waals surface area contributed by atoms with Gasteiger partial charge in [-0.05, 0) is 30.7 Å². The van der Waals surface area contributed by atoms with Gasteiger partial charge in [-0.25, -0.2) is 8.42 Å². The summed E-state index contributed by atoms with van der Waals surface area (Å²) in [6.45, 7) is 0.260. The molecule has 4 nitrogen and oxygen atoms in total. The normalized spacial score (nSPS) is 15.6. The second-order valence-electron chi connectivity index (χ2n) is 5.28. The lowest BCUT2D eigenvalue weighted by atomic mass is 10.1. The Hall–Kier alpha value is -0.950. The van der Waals surface area contributed by atoms with Gasteiger partial charge in [-0.3, -0.25) is 0 Å². The molecule has 0 saturated carbocycles. The lowest BCUT2D eigenvalue weighted by Crippen LogP contribution is -2.44. The molecule has 0 bridgehead atoms. The SMILES string of the molecule is O=S(=O)(c1cccc(Cl)c1Cl)N1CCC=C(c2ccc(Cl)c(Cl)c2)N1. The third-order valence-electron chi connectivity index (χ3n) is 3.64. The van der Waals surface area contributed by atoms with Crippen molar-refractivity contribution >= 4 is 62.1 Å². The molecular formula is C16H12Cl4N2O2S. The van der Waals surface area contributed by atoms with Gasteiger partial charge < -0.3 is 5.43 Å². The van der Waals surface area contributed by atoms with E-state index >= 15 is 0 Å². The molecule has 0 aromatic heterocycles. The maximum Gasteiger partial charge on any atom is 0.261 e. The number of benzene rings is 2. The van der Waals surface area contributed by atoms with E-state index in [1.807, 2.05) is 6.08 Å². The van der Waals surface area contributed by atoms with Gasteiger partial charge in [-0.2, -0.15) is 0 Å². The number of hydrogen-bond donors (Lipinski definition) is 1. The van der Waals surface area contributed by atoms with E-state index in [9.17, 15) is 8.42 Å². The predicted octanol–water partition coefficient (Wildman–Crippen LogP) is 5.24. The molecule has 0 atom stereocenters. The summed E-state index contributed by atoms with van der Waals surface area (Å²) in [6.07, 6.45) is 2.42. The molecule has 1 aliphatic rings. The van der Waals surface area contributed by atoms with Crippen LogP contribution in [-0.4, -0.2) is 19.4 Å². The number of sulfonamides is 1. The smallest absolute Gasteiger partial charge is 0.261 e. The molecule has 2 aromatic rings. The number of nitrogens with zero attached hydrogens (tertiary/aromatic N) is 1. The van der Waals surface area contributed by atoms with E-state index in [2.05, 4.69) is 5.43 Å². The van der Waals surface area contributed by atoms with Gasteiger partial charge in [-0.15, -0.1) is 4.41 Å². The maximum atomic E-state index is 12.9. The minimum Gasteiger partial charge on any atom is -0.305 e. The summed E-state index contributed by atoms with van der Waals surface area (Å²) >= 11 is 24.0. The average molecular weight is 438 g/mol. The highest BCUT2D eigenvalue weighted by Gasteiger charge is 2.29. The van der Waals surface area contributed by atoms with Crippen LogP contribution in [0.25, 0.3) is 5.70 Å². The van der Waals surface area contributed by atoms with Crippen LogP contribution in [0.4, 0.5) is 0 Å². The van der Waals surface area contributed by atoms with Crippen molar-refractivity contribution in [3.8, 4) is 0 Å². The fourth-order valence-corrected chi connectivity index (χ4v) is 4.73. The summed E-state index contributed by atoms with van der Waals surface area (Å²) in [5.41, 5.74) is 4.25. The second kappa shape index (κ2) is 7.35. The first-order valence-electron chi connectivity index (χ1n) is 7.19. The Morgan fingerprint density at radius 2 is 1.72 bits per heavy atom. The third kappa shape index (κ3) is 3.77. The fraction of sp³-hybridized carbons (Fsp3) is 0.125. The van der Waals surface area contributed by atoms with Crippen molar-refractivity contribution in [2.45, 2.75) is 11.3 Å². The number of rotatable bonds is 3. The zero-order chi connectivity index (χ0) is 18.2. The van der Waals surface area contributed by atoms with Crippen LogP contribution in [0.1, 0.15) is 12.0 Å². The van der Waals surface area contributed by atoms with Crippen molar-refractivity contribution in [2.75, 3.05) is 6.54 Å². The van der Waals surface area contributed by atoms with Crippen molar-refractivity contribution in [3.63, 3.8) is 0 Å². The summed E-state index contributed by atoms with van der Waals surface area (Å²) in [5.74, 6) is 0. The Morgan fingerprint density at radius 3 is 2.44 bits per heavy atom. The Balaban J connectivity index is 1.93. The highest BCUT2D eigenvalue weighted by Crippen LogP contribution is 2.32. The van der Waals surface area contributed by atoms with Gasteiger partial charge in [0.1, 0.15) is 4.90 Å². The van der Waals surface area contributed by atoms with Crippen LogP contribution in [0.3, 0.4) is 0 Å². The summed E-state index contributed by atoms with van der Waals surface area (Å²) in [6, 6.07) is 9.58. The van der Waals surface area contributed by atoms with E-state index < -0.39 is 10.0 Å². The van der Waals surface area contributed by atoms with Gasteiger partial charge in [0.2, 0.25) is 0 Å². The molecule has 0 unspecified atom stereocenters. The quantitative estimate of drug-likeness (QED) is 0.714. The van der Waals surface area contributed by atoms with Gasteiger partial charge in [-0.1, -0.05) is 64.6 Å². The van der Waals surface area contributed by atoms with Crippen LogP contribution < -0.4 is 5.43 Å². The first-order chi connectivity index (χ1) is 11.8. The van der Waals surface area contributed by atoms with E-state index in [1.165, 1.54) is 12.1 Å². The Morgan fingerprint density at radius 1 is 0.960 bits per heavy atom. The molecule has 3 rings (SSSR count). The molecule has 0 amide bonds. The minimum atomic E-state index is -3.87. The fourth-order valence-electron chi connectivity index (χ4n) is 2.39. The minimum absolute atomic E-state index is 0.00314. The molecule has 0 fully saturated rings. The molecule has 132 valence electrons. The Kier molecular flexibility index (Phi) is 5.54. The predicted molar refractivity (Wildman–Crippen MR) is 103 cm³/mol. The van der Waals surface area contributed by atoms with Crippen molar-refractivity contribution in [2.24, 2.45) is 0 Å². The van der Waals surface area contributed by atoms with Crippen molar-refractivity contribution < 1.29 is 8.42 Å². The van der Waals surface area contributed by atoms with Gasteiger partial charge >= 0.3 is 0 Å². The number of hydrazine groups is 1. The topological polar surface area (TPSA) is 49.4 Å². The van der Waals surface area contributed by atoms with Crippen molar-refractivity contribution in [1.82, 2.24) is 9.84 Å². The summed E-state index contributed by atoms with van der Waals surface area (Å²) in [5, 5.41) is 0.994. The standard InChI is InChI=1S/C16H12Cl4N2O2S/c17-11-7-6-10(9-13(11)19)14-4-2-8-22(21-14)25(23,24)15-5-1-3-12(18)16(15)20/h1,3-7,9,21H,2,8H2. The van der Waals surface area contributed by atoms with Crippen LogP contribution >= 0.6 is 46.4 Å². The molecule has 9 heteroatoms. The van der Waals surface area contributed by atoms with Crippen LogP contribution in [0.5, 0.6) is 0 Å². The summed E-state index contributed by atoms with van der Waals surface area (Å²) in [7, 11) is -3.87. The molecule has 0 radical (unpaired) electrons. The lowest BCUT2D eigenvalue weighted by molar-refractivity contribution is 0.363. The van der Waals surface area contributed by atoms with E-state index in [4.69, 9.17) is 46.4 Å². The molecule has 1 N–H and O–H groups in total. The van der Waals surface area contributed by atoms with Gasteiger partial charge in [0.25, 0.3) is 10.0 Å². The molecule has 0 saturated heterocycles. The Labute approximate surface area is 166 Å². The van der Waals surface area contributed by atoms with Crippen molar-refractivity contribution in [1.29, 1.82) is 0 Å². The van der Waals surface area contributed by atoms with Crippen LogP contribution in [0.2, 0.25) is 20.1 Å². The lowest BCUT2D eigenvalue weighted by Gasteiger charge is -2.29. The molecule has 2 aromatic carbocycles. The molecule has 1 aliphatic heterocycles. The molecule has 0 aliphatic carbocycles. The van der Waals surface area contributed by atoms with E-state index in [0.29, 0.717) is 22.2 Å². The van der Waals surface area contributed by atoms with E-state index in [-0.39, 0.29) is 21.5 Å². The number of nitrogens with one attached hydrogen (secondary N) is 1. The molecule has 25 heavy (non-hydrogen) atoms. The summed E-state index contributed by atoms with van der Waals surface area (Å²) < 4.78 is 26.9. The van der Waals surface area contributed by atoms with Crippen molar-refractivity contribution in [3.05, 3.63) is 68.1 Å². The maximum absolute atomic E-state index is 12.9. The van der Waals surface area contributed by atoms with Gasteiger partial charge in [0, 0.05) is 12.1 Å². The van der Waals surface area contributed by atoms with Crippen LogP contribution in [0.15, 0.2) is 47.4 Å². The zero-order valence-electron chi connectivity index (χ0n) is 12.6. The van der Waals surface area contributed by atoms with E-state index in [1.54, 1.807) is 24.3 Å². The molecular weight excluding hydrogens is 426 g/mol. The van der Waals surface area contributed by atoms with Gasteiger partial charge in [0.15, 0.2) is 0 Å². The zero-order valence-corrected chi connectivity index (χ0v) is 16.5. The van der Waals surface area contributed by atoms with Crippen LogP contribution in [-0.2, 0) is 10.0 Å². The highest BCUT2D eigenvalue weighted by atomic mass is 35.5. The Bertz CT molecular complexity index is 961. The van der Waals surface area contributed by atoms with Crippen LogP contribution in [0, 0.1) is 0 Å². The third-order valence-corrected chi connectivity index (χ3v) is 7.06. The molecule has 0 spiro atoms. The largest absolute Gasteiger partial charge is 0.305 e. The average Bonchev–Trinajstić information content (AvgIpc) is 2.59. The first-order valence-corrected chi connectivity index (χ1v) is 10.1. The summed E-state index contributed by atoms with van der Waals surface area (Å²) in [4.78, 5) is -0.0513. The number of halogens is 4.